The summed E-state index contributed by atoms with van der Waals surface area (Å²) in [6.45, 7) is 4.35. The van der Waals surface area contributed by atoms with Gasteiger partial charge in [-0.15, -0.1) is 0 Å². The molecule has 0 unspecified atom stereocenters. The van der Waals surface area contributed by atoms with Gasteiger partial charge in [0.2, 0.25) is 5.89 Å². The third-order valence-electron chi connectivity index (χ3n) is 4.24. The zero-order valence-electron chi connectivity index (χ0n) is 14.2. The van der Waals surface area contributed by atoms with Gasteiger partial charge in [0.05, 0.1) is 0 Å². The number of nitrogens with zero attached hydrogens (tertiary/aromatic N) is 1. The minimum Gasteiger partial charge on any atom is -0.436 e. The minimum absolute atomic E-state index is 0.473. The van der Waals surface area contributed by atoms with Crippen LogP contribution in [-0.2, 0) is 4.79 Å². The number of rotatable bonds is 4. The largest absolute Gasteiger partial charge is 0.436 e. The molecule has 0 aliphatic heterocycles. The molecule has 0 aliphatic carbocycles. The molecule has 0 spiro atoms. The molecule has 0 radical (unpaired) electrons. The first-order valence-electron chi connectivity index (χ1n) is 8.17. The first kappa shape index (κ1) is 19.0. The van der Waals surface area contributed by atoms with Crippen molar-refractivity contribution in [2.24, 2.45) is 0 Å². The number of fused-ring (bicyclic) bond motifs is 1. The van der Waals surface area contributed by atoms with E-state index >= 15 is 0 Å². The van der Waals surface area contributed by atoms with Crippen molar-refractivity contribution in [3.05, 3.63) is 48.0 Å². The van der Waals surface area contributed by atoms with Gasteiger partial charge in [-0.25, -0.2) is 4.98 Å². The number of hydrogen-bond acceptors (Lipinski definition) is 3. The fourth-order valence-electron chi connectivity index (χ4n) is 2.51. The molecule has 1 heterocycles. The van der Waals surface area contributed by atoms with E-state index in [-0.39, 0.29) is 0 Å². The van der Waals surface area contributed by atoms with E-state index in [0.29, 0.717) is 17.5 Å². The lowest BCUT2D eigenvalue weighted by Crippen LogP contribution is -2.26. The molecule has 0 fully saturated rings. The standard InChI is InChI=1S/C19H17Cl3N2O2/c1-3-11(2)13-6-9-16-15(10-13)24-17(26-16)12-4-7-14(8-5-12)23-18(25)19(20,21)22/h4-11H,3H2,1-2H3,(H,23,25)/t11-/m0/s1. The highest BCUT2D eigenvalue weighted by Crippen LogP contribution is 2.30. The van der Waals surface area contributed by atoms with Crippen LogP contribution in [0.25, 0.3) is 22.6 Å². The second kappa shape index (κ2) is 7.47. The summed E-state index contributed by atoms with van der Waals surface area (Å²) in [4.78, 5) is 16.3. The van der Waals surface area contributed by atoms with E-state index in [2.05, 4.69) is 36.3 Å². The maximum atomic E-state index is 11.7. The van der Waals surface area contributed by atoms with Gasteiger partial charge >= 0.3 is 0 Å². The maximum Gasteiger partial charge on any atom is 0.276 e. The molecule has 26 heavy (non-hydrogen) atoms. The smallest absolute Gasteiger partial charge is 0.276 e. The van der Waals surface area contributed by atoms with E-state index < -0.39 is 9.70 Å². The molecule has 1 aromatic heterocycles. The number of oxazole rings is 1. The van der Waals surface area contributed by atoms with Crippen LogP contribution in [-0.4, -0.2) is 14.7 Å². The topological polar surface area (TPSA) is 55.1 Å². The van der Waals surface area contributed by atoms with E-state index in [9.17, 15) is 4.79 Å². The van der Waals surface area contributed by atoms with Gasteiger partial charge in [0.15, 0.2) is 5.58 Å². The molecule has 136 valence electrons. The molecule has 1 amide bonds. The van der Waals surface area contributed by atoms with Gasteiger partial charge in [-0.3, -0.25) is 4.79 Å². The molecule has 3 aromatic rings. The number of aromatic nitrogens is 1. The van der Waals surface area contributed by atoms with Crippen LogP contribution in [0, 0.1) is 0 Å². The van der Waals surface area contributed by atoms with Gasteiger partial charge < -0.3 is 9.73 Å². The van der Waals surface area contributed by atoms with Crippen LogP contribution in [0.3, 0.4) is 0 Å². The number of alkyl halides is 3. The van der Waals surface area contributed by atoms with Gasteiger partial charge in [-0.05, 0) is 54.3 Å². The summed E-state index contributed by atoms with van der Waals surface area (Å²) in [5.41, 5.74) is 4.11. The Bertz CT molecular complexity index is 930. The van der Waals surface area contributed by atoms with Crippen molar-refractivity contribution in [2.75, 3.05) is 5.32 Å². The predicted molar refractivity (Wildman–Crippen MR) is 107 cm³/mol. The van der Waals surface area contributed by atoms with Crippen molar-refractivity contribution < 1.29 is 9.21 Å². The van der Waals surface area contributed by atoms with E-state index in [0.717, 1.165) is 23.1 Å². The quantitative estimate of drug-likeness (QED) is 0.511. The number of halogens is 3. The lowest BCUT2D eigenvalue weighted by atomic mass is 9.98. The molecule has 0 saturated heterocycles. The number of amides is 1. The normalized spacial score (nSPS) is 13.0. The van der Waals surface area contributed by atoms with E-state index in [1.54, 1.807) is 24.3 Å². The van der Waals surface area contributed by atoms with Crippen molar-refractivity contribution in [3.63, 3.8) is 0 Å². The Kier molecular flexibility index (Phi) is 5.47. The molecule has 4 nitrogen and oxygen atoms in total. The molecule has 0 bridgehead atoms. The summed E-state index contributed by atoms with van der Waals surface area (Å²) < 4.78 is 3.83. The number of carbonyl (C=O) groups is 1. The van der Waals surface area contributed by atoms with E-state index in [4.69, 9.17) is 39.2 Å². The Hall–Kier alpha value is -1.75. The lowest BCUT2D eigenvalue weighted by molar-refractivity contribution is -0.115. The fraction of sp³-hybridized carbons (Fsp3) is 0.263. The summed E-state index contributed by atoms with van der Waals surface area (Å²) in [5.74, 6) is 0.274. The van der Waals surface area contributed by atoms with Gasteiger partial charge in [0.25, 0.3) is 9.70 Å². The highest BCUT2D eigenvalue weighted by atomic mass is 35.6. The lowest BCUT2D eigenvalue weighted by Gasteiger charge is -2.11. The van der Waals surface area contributed by atoms with Crippen molar-refractivity contribution in [3.8, 4) is 11.5 Å². The molecule has 7 heteroatoms. The molecule has 3 rings (SSSR count). The fourth-order valence-corrected chi connectivity index (χ4v) is 2.65. The summed E-state index contributed by atoms with van der Waals surface area (Å²) in [6, 6.07) is 13.0. The molecule has 0 saturated carbocycles. The second-order valence-electron chi connectivity index (χ2n) is 6.08. The molecular formula is C19H17Cl3N2O2. The number of carbonyl (C=O) groups excluding carboxylic acids is 1. The van der Waals surface area contributed by atoms with Crippen molar-refractivity contribution >= 4 is 57.5 Å². The average molecular weight is 412 g/mol. The number of hydrogen-bond donors (Lipinski definition) is 1. The number of nitrogens with one attached hydrogen (secondary N) is 1. The molecule has 0 aliphatic rings. The molecule has 1 N–H and O–H groups in total. The van der Waals surface area contributed by atoms with Gasteiger partial charge in [0.1, 0.15) is 5.52 Å². The third-order valence-corrected chi connectivity index (χ3v) is 4.76. The SMILES string of the molecule is CC[C@H](C)c1ccc2oc(-c3ccc(NC(=O)C(Cl)(Cl)Cl)cc3)nc2c1. The summed E-state index contributed by atoms with van der Waals surface area (Å²) in [5, 5.41) is 2.53. The first-order valence-corrected chi connectivity index (χ1v) is 9.30. The number of benzene rings is 2. The zero-order valence-corrected chi connectivity index (χ0v) is 16.5. The summed E-state index contributed by atoms with van der Waals surface area (Å²) >= 11 is 16.6. The Labute approximate surface area is 166 Å². The highest BCUT2D eigenvalue weighted by molar-refractivity contribution is 6.76. The van der Waals surface area contributed by atoms with Crippen molar-refractivity contribution in [2.45, 2.75) is 30.0 Å². The maximum absolute atomic E-state index is 11.7. The monoisotopic (exact) mass is 410 g/mol. The third kappa shape index (κ3) is 4.14. The van der Waals surface area contributed by atoms with Crippen molar-refractivity contribution in [1.82, 2.24) is 4.98 Å². The van der Waals surface area contributed by atoms with Crippen LogP contribution in [0.4, 0.5) is 5.69 Å². The van der Waals surface area contributed by atoms with E-state index in [1.165, 1.54) is 5.56 Å². The van der Waals surface area contributed by atoms with Gasteiger partial charge in [-0.2, -0.15) is 0 Å². The zero-order chi connectivity index (χ0) is 18.9. The van der Waals surface area contributed by atoms with Crippen LogP contribution in [0.15, 0.2) is 46.9 Å². The Morgan fingerprint density at radius 3 is 2.50 bits per heavy atom. The second-order valence-corrected chi connectivity index (χ2v) is 8.37. The first-order chi connectivity index (χ1) is 12.3. The molecule has 2 aromatic carbocycles. The Morgan fingerprint density at radius 2 is 1.88 bits per heavy atom. The van der Waals surface area contributed by atoms with Crippen LogP contribution in [0.2, 0.25) is 0 Å². The Morgan fingerprint density at radius 1 is 1.19 bits per heavy atom. The van der Waals surface area contributed by atoms with Gasteiger partial charge in [0, 0.05) is 11.3 Å². The van der Waals surface area contributed by atoms with Crippen LogP contribution < -0.4 is 5.32 Å². The highest BCUT2D eigenvalue weighted by Gasteiger charge is 2.30. The van der Waals surface area contributed by atoms with Crippen LogP contribution >= 0.6 is 34.8 Å². The summed E-state index contributed by atoms with van der Waals surface area (Å²) in [7, 11) is 0. The van der Waals surface area contributed by atoms with E-state index in [1.807, 2.05) is 6.07 Å². The molecule has 1 atom stereocenters. The molecular weight excluding hydrogens is 395 g/mol. The van der Waals surface area contributed by atoms with Crippen LogP contribution in [0.5, 0.6) is 0 Å². The predicted octanol–water partition coefficient (Wildman–Crippen LogP) is 6.32. The number of anilines is 1. The van der Waals surface area contributed by atoms with Crippen LogP contribution in [0.1, 0.15) is 31.7 Å². The Balaban J connectivity index is 1.84. The minimum atomic E-state index is -2.01. The summed E-state index contributed by atoms with van der Waals surface area (Å²) in [6.07, 6.45) is 1.07. The van der Waals surface area contributed by atoms with Gasteiger partial charge in [-0.1, -0.05) is 54.7 Å². The van der Waals surface area contributed by atoms with Crippen molar-refractivity contribution in [1.29, 1.82) is 0 Å². The average Bonchev–Trinajstić information content (AvgIpc) is 3.04.